The Morgan fingerprint density at radius 1 is 1.42 bits per heavy atom. The highest BCUT2D eigenvalue weighted by Gasteiger charge is 2.07. The molecule has 0 unspecified atom stereocenters. The van der Waals surface area contributed by atoms with Crippen molar-refractivity contribution in [3.63, 3.8) is 0 Å². The molecule has 0 aromatic carbocycles. The average molecular weight is 390 g/mol. The van der Waals surface area contributed by atoms with Crippen molar-refractivity contribution in [2.24, 2.45) is 5.16 Å². The summed E-state index contributed by atoms with van der Waals surface area (Å²) >= 11 is 3.22. The normalized spacial score (nSPS) is 11.5. The Morgan fingerprint density at radius 3 is 3.04 bits per heavy atom. The molecule has 0 saturated carbocycles. The van der Waals surface area contributed by atoms with E-state index >= 15 is 0 Å². The van der Waals surface area contributed by atoms with Gasteiger partial charge < -0.3 is 10.2 Å². The number of nitrogens with zero attached hydrogens (tertiary/aromatic N) is 4. The number of hydrogen-bond donors (Lipinski definition) is 1. The molecule has 136 valence electrons. The maximum Gasteiger partial charge on any atom is 0.265 e. The van der Waals surface area contributed by atoms with Crippen molar-refractivity contribution in [3.05, 3.63) is 50.9 Å². The smallest absolute Gasteiger partial charge is 0.265 e. The molecule has 0 aliphatic carbocycles. The van der Waals surface area contributed by atoms with Gasteiger partial charge in [0, 0.05) is 24.0 Å². The van der Waals surface area contributed by atoms with Gasteiger partial charge in [-0.3, -0.25) is 9.48 Å². The van der Waals surface area contributed by atoms with Gasteiger partial charge in [-0.25, -0.2) is 4.98 Å². The zero-order valence-electron chi connectivity index (χ0n) is 14.5. The van der Waals surface area contributed by atoms with Crippen LogP contribution in [0.4, 0.5) is 5.69 Å². The fraction of sp³-hybridized carbons (Fsp3) is 0.294. The van der Waals surface area contributed by atoms with Gasteiger partial charge in [0.1, 0.15) is 0 Å². The molecule has 0 atom stereocenters. The van der Waals surface area contributed by atoms with E-state index in [9.17, 15) is 4.79 Å². The van der Waals surface area contributed by atoms with Crippen LogP contribution in [-0.2, 0) is 22.6 Å². The highest BCUT2D eigenvalue weighted by molar-refractivity contribution is 7.12. The fourth-order valence-electron chi connectivity index (χ4n) is 2.25. The van der Waals surface area contributed by atoms with E-state index in [1.807, 2.05) is 36.9 Å². The lowest BCUT2D eigenvalue weighted by Crippen LogP contribution is -2.17. The van der Waals surface area contributed by atoms with Gasteiger partial charge in [-0.2, -0.15) is 5.10 Å². The van der Waals surface area contributed by atoms with Gasteiger partial charge >= 0.3 is 0 Å². The van der Waals surface area contributed by atoms with E-state index in [-0.39, 0.29) is 12.5 Å². The average Bonchev–Trinajstić information content (AvgIpc) is 3.35. The Balaban J connectivity index is 1.44. The van der Waals surface area contributed by atoms with Gasteiger partial charge in [-0.15, -0.1) is 22.7 Å². The van der Waals surface area contributed by atoms with E-state index < -0.39 is 0 Å². The highest BCUT2D eigenvalue weighted by Crippen LogP contribution is 2.14. The highest BCUT2D eigenvalue weighted by atomic mass is 32.1. The van der Waals surface area contributed by atoms with Crippen molar-refractivity contribution in [2.75, 3.05) is 11.9 Å². The molecule has 0 aliphatic rings. The maximum atomic E-state index is 11.9. The number of hydrogen-bond acceptors (Lipinski definition) is 7. The second kappa shape index (κ2) is 8.72. The maximum absolute atomic E-state index is 11.9. The van der Waals surface area contributed by atoms with Crippen molar-refractivity contribution < 1.29 is 9.63 Å². The van der Waals surface area contributed by atoms with Crippen LogP contribution in [0.3, 0.4) is 0 Å². The quantitative estimate of drug-likeness (QED) is 0.473. The molecule has 9 heteroatoms. The minimum absolute atomic E-state index is 0.145. The molecule has 3 heterocycles. The first kappa shape index (κ1) is 18.3. The third-order valence-electron chi connectivity index (χ3n) is 3.60. The van der Waals surface area contributed by atoms with Crippen molar-refractivity contribution >= 4 is 40.0 Å². The number of anilines is 1. The first-order chi connectivity index (χ1) is 12.6. The summed E-state index contributed by atoms with van der Waals surface area (Å²) in [6.07, 6.45) is 4.29. The number of thiazole rings is 1. The summed E-state index contributed by atoms with van der Waals surface area (Å²) in [4.78, 5) is 23.6. The molecule has 0 fully saturated rings. The predicted octanol–water partition coefficient (Wildman–Crippen LogP) is 3.33. The number of nitrogens with one attached hydrogen (secondary N) is 1. The number of carbonyl (C=O) groups excluding carboxylic acids is 1. The molecular weight excluding hydrogens is 370 g/mol. The third-order valence-corrected chi connectivity index (χ3v) is 5.58. The van der Waals surface area contributed by atoms with Crippen LogP contribution >= 0.6 is 22.7 Å². The lowest BCUT2D eigenvalue weighted by Gasteiger charge is -2.02. The van der Waals surface area contributed by atoms with E-state index in [1.54, 1.807) is 39.7 Å². The second-order valence-electron chi connectivity index (χ2n) is 5.58. The van der Waals surface area contributed by atoms with Gasteiger partial charge in [0.15, 0.2) is 6.61 Å². The SMILES string of the molecule is C/C(=N/OCC(=O)Nc1cnn(CCc2scnc2C)c1)c1cccs1. The Bertz CT molecular complexity index is 883. The fourth-order valence-corrected chi connectivity index (χ4v) is 3.69. The molecular formula is C17H19N5O2S2. The predicted molar refractivity (Wildman–Crippen MR) is 104 cm³/mol. The molecule has 1 N–H and O–H groups in total. The minimum Gasteiger partial charge on any atom is -0.385 e. The number of amides is 1. The van der Waals surface area contributed by atoms with Gasteiger partial charge in [-0.1, -0.05) is 11.2 Å². The number of aryl methyl sites for hydroxylation is 3. The minimum atomic E-state index is -0.273. The summed E-state index contributed by atoms with van der Waals surface area (Å²) in [5.74, 6) is -0.273. The summed E-state index contributed by atoms with van der Waals surface area (Å²) in [6, 6.07) is 3.90. The molecule has 1 amide bonds. The summed E-state index contributed by atoms with van der Waals surface area (Å²) < 4.78 is 1.80. The van der Waals surface area contributed by atoms with E-state index in [1.165, 1.54) is 4.88 Å². The molecule has 0 spiro atoms. The summed E-state index contributed by atoms with van der Waals surface area (Å²) in [5.41, 5.74) is 4.30. The van der Waals surface area contributed by atoms with Crippen LogP contribution in [0.2, 0.25) is 0 Å². The lowest BCUT2D eigenvalue weighted by atomic mass is 10.3. The molecule has 3 aromatic rings. The molecule has 0 radical (unpaired) electrons. The van der Waals surface area contributed by atoms with Crippen LogP contribution in [0.15, 0.2) is 40.6 Å². The topological polar surface area (TPSA) is 81.4 Å². The number of thiophene rings is 1. The Labute approximate surface area is 159 Å². The molecule has 7 nitrogen and oxygen atoms in total. The first-order valence-corrected chi connectivity index (χ1v) is 9.79. The third kappa shape index (κ3) is 4.99. The Morgan fingerprint density at radius 2 is 2.31 bits per heavy atom. The van der Waals surface area contributed by atoms with Crippen molar-refractivity contribution in [1.82, 2.24) is 14.8 Å². The standard InChI is InChI=1S/C17H19N5O2S2/c1-12-16(26-11-18-12)5-6-22-9-14(8-19-22)20-17(23)10-24-21-13(2)15-4-3-7-25-15/h3-4,7-9,11H,5-6,10H2,1-2H3,(H,20,23)/b21-13-. The Kier molecular flexibility index (Phi) is 6.13. The van der Waals surface area contributed by atoms with E-state index in [4.69, 9.17) is 4.84 Å². The molecule has 0 saturated heterocycles. The van der Waals surface area contributed by atoms with E-state index in [2.05, 4.69) is 20.6 Å². The van der Waals surface area contributed by atoms with E-state index in [0.717, 1.165) is 29.2 Å². The second-order valence-corrected chi connectivity index (χ2v) is 7.47. The molecule has 0 aliphatic heterocycles. The Hall–Kier alpha value is -2.52. The summed E-state index contributed by atoms with van der Waals surface area (Å²) in [5, 5.41) is 12.9. The van der Waals surface area contributed by atoms with Crippen LogP contribution in [0.1, 0.15) is 22.4 Å². The van der Waals surface area contributed by atoms with Crippen LogP contribution in [-0.4, -0.2) is 33.0 Å². The van der Waals surface area contributed by atoms with E-state index in [0.29, 0.717) is 5.69 Å². The van der Waals surface area contributed by atoms with Crippen molar-refractivity contribution in [1.29, 1.82) is 0 Å². The number of aromatic nitrogens is 3. The van der Waals surface area contributed by atoms with Gasteiger partial charge in [-0.05, 0) is 25.3 Å². The van der Waals surface area contributed by atoms with Crippen LogP contribution < -0.4 is 5.32 Å². The number of oxime groups is 1. The summed E-state index contributed by atoms with van der Waals surface area (Å²) in [7, 11) is 0. The number of rotatable bonds is 8. The van der Waals surface area contributed by atoms with Crippen LogP contribution in [0, 0.1) is 6.92 Å². The summed E-state index contributed by atoms with van der Waals surface area (Å²) in [6.45, 7) is 4.44. The van der Waals surface area contributed by atoms with Crippen LogP contribution in [0.25, 0.3) is 0 Å². The monoisotopic (exact) mass is 389 g/mol. The van der Waals surface area contributed by atoms with Crippen molar-refractivity contribution in [2.45, 2.75) is 26.8 Å². The van der Waals surface area contributed by atoms with Gasteiger partial charge in [0.05, 0.1) is 33.7 Å². The largest absolute Gasteiger partial charge is 0.385 e. The van der Waals surface area contributed by atoms with Crippen LogP contribution in [0.5, 0.6) is 0 Å². The zero-order chi connectivity index (χ0) is 18.4. The zero-order valence-corrected chi connectivity index (χ0v) is 16.1. The van der Waals surface area contributed by atoms with Gasteiger partial charge in [0.25, 0.3) is 5.91 Å². The molecule has 26 heavy (non-hydrogen) atoms. The number of carbonyl (C=O) groups is 1. The lowest BCUT2D eigenvalue weighted by molar-refractivity contribution is -0.120. The molecule has 3 aromatic heterocycles. The van der Waals surface area contributed by atoms with Crippen molar-refractivity contribution in [3.8, 4) is 0 Å². The molecule has 0 bridgehead atoms. The van der Waals surface area contributed by atoms with Gasteiger partial charge in [0.2, 0.25) is 0 Å². The first-order valence-electron chi connectivity index (χ1n) is 8.03. The molecule has 3 rings (SSSR count).